The van der Waals surface area contributed by atoms with Crippen molar-refractivity contribution in [2.24, 2.45) is 0 Å². The number of carbonyl (C=O) groups is 2. The number of ether oxygens (including phenoxy) is 1. The third kappa shape index (κ3) is 1.34. The molecule has 3 fully saturated rings. The standard InChI is InChI=1S/C11H16N2O3/c14-8-11(13-9(15)12-8)5-3-10(4-6-11)2-1-7-16-10/h1-7H2,(H2,12,13,14,15). The Bertz CT molecular complexity index is 337. The lowest BCUT2D eigenvalue weighted by molar-refractivity contribution is -0.127. The van der Waals surface area contributed by atoms with Gasteiger partial charge in [-0.05, 0) is 38.5 Å². The van der Waals surface area contributed by atoms with E-state index in [-0.39, 0.29) is 17.5 Å². The van der Waals surface area contributed by atoms with Crippen LogP contribution in [0.25, 0.3) is 0 Å². The lowest BCUT2D eigenvalue weighted by Gasteiger charge is -2.40. The summed E-state index contributed by atoms with van der Waals surface area (Å²) < 4.78 is 5.80. The molecule has 3 amide bonds. The number of carbonyl (C=O) groups excluding carboxylic acids is 2. The molecule has 0 aromatic rings. The highest BCUT2D eigenvalue weighted by molar-refractivity contribution is 6.07. The number of nitrogens with one attached hydrogen (secondary N) is 2. The smallest absolute Gasteiger partial charge is 0.322 e. The van der Waals surface area contributed by atoms with Crippen LogP contribution >= 0.6 is 0 Å². The maximum absolute atomic E-state index is 11.7. The van der Waals surface area contributed by atoms with Gasteiger partial charge in [-0.2, -0.15) is 0 Å². The monoisotopic (exact) mass is 224 g/mol. The zero-order valence-electron chi connectivity index (χ0n) is 9.17. The van der Waals surface area contributed by atoms with Gasteiger partial charge in [-0.15, -0.1) is 0 Å². The Morgan fingerprint density at radius 1 is 1.06 bits per heavy atom. The summed E-state index contributed by atoms with van der Waals surface area (Å²) in [5.41, 5.74) is -0.646. The van der Waals surface area contributed by atoms with E-state index < -0.39 is 5.54 Å². The van der Waals surface area contributed by atoms with Crippen LogP contribution in [0.1, 0.15) is 38.5 Å². The van der Waals surface area contributed by atoms with Crippen LogP contribution in [0.4, 0.5) is 4.79 Å². The van der Waals surface area contributed by atoms with Crippen LogP contribution in [0.5, 0.6) is 0 Å². The molecular weight excluding hydrogens is 208 g/mol. The van der Waals surface area contributed by atoms with E-state index in [0.717, 1.165) is 32.3 Å². The second-order valence-electron chi connectivity index (χ2n) is 5.13. The second kappa shape index (κ2) is 3.20. The first-order valence-corrected chi connectivity index (χ1v) is 5.92. The largest absolute Gasteiger partial charge is 0.375 e. The molecule has 2 aliphatic heterocycles. The van der Waals surface area contributed by atoms with Gasteiger partial charge in [0, 0.05) is 6.61 Å². The molecule has 2 spiro atoms. The average Bonchev–Trinajstić information content (AvgIpc) is 2.80. The van der Waals surface area contributed by atoms with Gasteiger partial charge >= 0.3 is 6.03 Å². The van der Waals surface area contributed by atoms with Gasteiger partial charge in [0.05, 0.1) is 5.60 Å². The molecule has 2 heterocycles. The molecule has 0 aromatic carbocycles. The Morgan fingerprint density at radius 2 is 1.81 bits per heavy atom. The third-order valence-electron chi connectivity index (χ3n) is 4.21. The molecule has 0 atom stereocenters. The van der Waals surface area contributed by atoms with Crippen LogP contribution in [0.3, 0.4) is 0 Å². The van der Waals surface area contributed by atoms with E-state index in [0.29, 0.717) is 12.8 Å². The van der Waals surface area contributed by atoms with Crippen molar-refractivity contribution in [2.45, 2.75) is 49.7 Å². The van der Waals surface area contributed by atoms with Crippen molar-refractivity contribution in [1.29, 1.82) is 0 Å². The first-order chi connectivity index (χ1) is 7.64. The predicted molar refractivity (Wildman–Crippen MR) is 55.8 cm³/mol. The SMILES string of the molecule is O=C1NC(=O)C2(CCC3(CCCO3)CC2)N1. The minimum absolute atomic E-state index is 0.00114. The minimum Gasteiger partial charge on any atom is -0.375 e. The van der Waals surface area contributed by atoms with Gasteiger partial charge in [0.25, 0.3) is 5.91 Å². The van der Waals surface area contributed by atoms with Crippen LogP contribution in [0, 0.1) is 0 Å². The van der Waals surface area contributed by atoms with Crippen LogP contribution in [-0.2, 0) is 9.53 Å². The fraction of sp³-hybridized carbons (Fsp3) is 0.818. The molecule has 2 N–H and O–H groups in total. The van der Waals surface area contributed by atoms with Crippen LogP contribution in [-0.4, -0.2) is 29.7 Å². The molecule has 3 aliphatic rings. The van der Waals surface area contributed by atoms with Crippen molar-refractivity contribution in [3.8, 4) is 0 Å². The first kappa shape index (κ1) is 10.1. The van der Waals surface area contributed by atoms with Gasteiger partial charge in [-0.1, -0.05) is 0 Å². The van der Waals surface area contributed by atoms with Crippen molar-refractivity contribution in [3.63, 3.8) is 0 Å². The van der Waals surface area contributed by atoms with E-state index in [1.54, 1.807) is 0 Å². The number of hydrogen-bond acceptors (Lipinski definition) is 3. The average molecular weight is 224 g/mol. The highest BCUT2D eigenvalue weighted by Gasteiger charge is 2.52. The molecule has 0 aromatic heterocycles. The lowest BCUT2D eigenvalue weighted by Crippen LogP contribution is -2.53. The summed E-state index contributed by atoms with van der Waals surface area (Å²) in [5.74, 6) is -0.162. The topological polar surface area (TPSA) is 67.4 Å². The van der Waals surface area contributed by atoms with Gasteiger partial charge < -0.3 is 10.1 Å². The number of rotatable bonds is 0. The number of urea groups is 1. The van der Waals surface area contributed by atoms with Crippen molar-refractivity contribution < 1.29 is 14.3 Å². The molecule has 3 rings (SSSR count). The summed E-state index contributed by atoms with van der Waals surface area (Å²) in [6, 6.07) is -0.353. The molecular formula is C11H16N2O3. The summed E-state index contributed by atoms with van der Waals surface area (Å²) in [5, 5.41) is 5.10. The van der Waals surface area contributed by atoms with Gasteiger partial charge in [-0.3, -0.25) is 10.1 Å². The Morgan fingerprint density at radius 3 is 2.31 bits per heavy atom. The fourth-order valence-electron chi connectivity index (χ4n) is 3.16. The molecule has 1 aliphatic carbocycles. The highest BCUT2D eigenvalue weighted by Crippen LogP contribution is 2.43. The van der Waals surface area contributed by atoms with Crippen molar-refractivity contribution in [2.75, 3.05) is 6.61 Å². The minimum atomic E-state index is -0.645. The number of imide groups is 1. The van der Waals surface area contributed by atoms with Crippen LogP contribution < -0.4 is 10.6 Å². The van der Waals surface area contributed by atoms with E-state index in [1.165, 1.54) is 0 Å². The maximum atomic E-state index is 11.7. The van der Waals surface area contributed by atoms with Crippen molar-refractivity contribution in [3.05, 3.63) is 0 Å². The molecule has 0 bridgehead atoms. The zero-order valence-corrected chi connectivity index (χ0v) is 9.17. The predicted octanol–water partition coefficient (Wildman–Crippen LogP) is 0.688. The fourth-order valence-corrected chi connectivity index (χ4v) is 3.16. The van der Waals surface area contributed by atoms with Crippen molar-refractivity contribution in [1.82, 2.24) is 10.6 Å². The highest BCUT2D eigenvalue weighted by atomic mass is 16.5. The molecule has 0 unspecified atom stereocenters. The number of amides is 3. The lowest BCUT2D eigenvalue weighted by atomic mass is 9.73. The summed E-state index contributed by atoms with van der Waals surface area (Å²) in [6.07, 6.45) is 5.36. The van der Waals surface area contributed by atoms with Crippen molar-refractivity contribution >= 4 is 11.9 Å². The van der Waals surface area contributed by atoms with Gasteiger partial charge in [-0.25, -0.2) is 4.79 Å². The summed E-state index contributed by atoms with van der Waals surface area (Å²) in [4.78, 5) is 22.9. The molecule has 1 saturated carbocycles. The van der Waals surface area contributed by atoms with Crippen LogP contribution in [0.2, 0.25) is 0 Å². The van der Waals surface area contributed by atoms with Gasteiger partial charge in [0.1, 0.15) is 5.54 Å². The Kier molecular flexibility index (Phi) is 2.01. The van der Waals surface area contributed by atoms with E-state index in [2.05, 4.69) is 10.6 Å². The zero-order chi connectivity index (χ0) is 11.2. The number of hydrogen-bond donors (Lipinski definition) is 2. The summed E-state index contributed by atoms with van der Waals surface area (Å²) in [7, 11) is 0. The summed E-state index contributed by atoms with van der Waals surface area (Å²) >= 11 is 0. The van der Waals surface area contributed by atoms with Gasteiger partial charge in [0.15, 0.2) is 0 Å². The normalized spacial score (nSPS) is 42.8. The first-order valence-electron chi connectivity index (χ1n) is 5.92. The van der Waals surface area contributed by atoms with E-state index >= 15 is 0 Å². The van der Waals surface area contributed by atoms with E-state index in [4.69, 9.17) is 4.74 Å². The molecule has 5 heteroatoms. The molecule has 5 nitrogen and oxygen atoms in total. The second-order valence-corrected chi connectivity index (χ2v) is 5.13. The third-order valence-corrected chi connectivity index (χ3v) is 4.21. The Hall–Kier alpha value is -1.10. The van der Waals surface area contributed by atoms with E-state index in [1.807, 2.05) is 0 Å². The summed E-state index contributed by atoms with van der Waals surface area (Å²) in [6.45, 7) is 0.839. The van der Waals surface area contributed by atoms with Crippen LogP contribution in [0.15, 0.2) is 0 Å². The molecule has 16 heavy (non-hydrogen) atoms. The van der Waals surface area contributed by atoms with Gasteiger partial charge in [0.2, 0.25) is 0 Å². The van der Waals surface area contributed by atoms with E-state index in [9.17, 15) is 9.59 Å². The molecule has 2 saturated heterocycles. The molecule has 0 radical (unpaired) electrons. The maximum Gasteiger partial charge on any atom is 0.322 e. The Balaban J connectivity index is 1.74. The quantitative estimate of drug-likeness (QED) is 0.595. The molecule has 88 valence electrons. The Labute approximate surface area is 93.9 Å².